The molecule has 6 nitrogen and oxygen atoms in total. The molecule has 1 aliphatic rings. The van der Waals surface area contributed by atoms with Gasteiger partial charge in [0.15, 0.2) is 0 Å². The van der Waals surface area contributed by atoms with Crippen molar-refractivity contribution >= 4 is 10.2 Å². The Kier molecular flexibility index (Phi) is 5.86. The molecule has 2 rings (SSSR count). The largest absolute Gasteiger partial charge is 0.279 e. The Morgan fingerprint density at radius 3 is 2.43 bits per heavy atom. The summed E-state index contributed by atoms with van der Waals surface area (Å²) in [5.74, 6) is 1.02. The van der Waals surface area contributed by atoms with Crippen LogP contribution in [0.25, 0.3) is 0 Å². The first kappa shape index (κ1) is 18.4. The van der Waals surface area contributed by atoms with E-state index in [0.29, 0.717) is 31.5 Å². The molecule has 7 heteroatoms. The van der Waals surface area contributed by atoms with E-state index in [1.165, 1.54) is 0 Å². The quantitative estimate of drug-likeness (QED) is 0.859. The van der Waals surface area contributed by atoms with Crippen molar-refractivity contribution < 1.29 is 8.42 Å². The normalized spacial score (nSPS) is 24.7. The molecule has 1 saturated heterocycles. The molecule has 1 fully saturated rings. The number of piperidine rings is 1. The van der Waals surface area contributed by atoms with Crippen LogP contribution in [-0.4, -0.2) is 42.1 Å². The number of nitrogens with zero attached hydrogens (tertiary/aromatic N) is 3. The van der Waals surface area contributed by atoms with Gasteiger partial charge in [0, 0.05) is 31.9 Å². The molecule has 0 amide bonds. The number of hydrogen-bond acceptors (Lipinski definition) is 3. The number of nitrogens with one attached hydrogen (secondary N) is 1. The maximum atomic E-state index is 12.5. The molecule has 132 valence electrons. The minimum atomic E-state index is -3.39. The molecule has 1 aromatic heterocycles. The second kappa shape index (κ2) is 7.32. The van der Waals surface area contributed by atoms with E-state index >= 15 is 0 Å². The molecule has 0 spiro atoms. The molecule has 0 saturated carbocycles. The SMILES string of the molecule is Cc1cc(C)n(C[C@H](C)CNS(=O)(=O)N2C[C@H](C)C[C@@H](C)C2)n1. The molecular weight excluding hydrogens is 312 g/mol. The molecular formula is C16H30N4O2S. The fourth-order valence-electron chi connectivity index (χ4n) is 3.36. The van der Waals surface area contributed by atoms with Crippen molar-refractivity contribution in [3.05, 3.63) is 17.5 Å². The van der Waals surface area contributed by atoms with Gasteiger partial charge in [-0.05, 0) is 44.1 Å². The van der Waals surface area contributed by atoms with Crippen LogP contribution in [0.5, 0.6) is 0 Å². The zero-order chi connectivity index (χ0) is 17.2. The van der Waals surface area contributed by atoms with Gasteiger partial charge in [-0.15, -0.1) is 0 Å². The van der Waals surface area contributed by atoms with Crippen molar-refractivity contribution in [1.29, 1.82) is 0 Å². The van der Waals surface area contributed by atoms with Crippen molar-refractivity contribution in [2.24, 2.45) is 17.8 Å². The predicted molar refractivity (Wildman–Crippen MR) is 92.3 cm³/mol. The minimum Gasteiger partial charge on any atom is -0.269 e. The summed E-state index contributed by atoms with van der Waals surface area (Å²) in [7, 11) is -3.39. The number of rotatable bonds is 6. The van der Waals surface area contributed by atoms with Crippen molar-refractivity contribution in [2.75, 3.05) is 19.6 Å². The zero-order valence-corrected chi connectivity index (χ0v) is 15.7. The third-order valence-electron chi connectivity index (χ3n) is 4.38. The fraction of sp³-hybridized carbons (Fsp3) is 0.812. The Balaban J connectivity index is 1.89. The lowest BCUT2D eigenvalue weighted by molar-refractivity contribution is 0.220. The highest BCUT2D eigenvalue weighted by Crippen LogP contribution is 2.22. The van der Waals surface area contributed by atoms with Crippen LogP contribution in [-0.2, 0) is 16.8 Å². The van der Waals surface area contributed by atoms with E-state index in [-0.39, 0.29) is 5.92 Å². The van der Waals surface area contributed by atoms with E-state index in [9.17, 15) is 8.42 Å². The Labute approximate surface area is 140 Å². The molecule has 23 heavy (non-hydrogen) atoms. The van der Waals surface area contributed by atoms with Crippen molar-refractivity contribution in [3.8, 4) is 0 Å². The zero-order valence-electron chi connectivity index (χ0n) is 14.9. The number of aromatic nitrogens is 2. The third kappa shape index (κ3) is 5.02. The minimum absolute atomic E-state index is 0.183. The van der Waals surface area contributed by atoms with Crippen LogP contribution in [0.2, 0.25) is 0 Å². The molecule has 0 bridgehead atoms. The van der Waals surface area contributed by atoms with Crippen LogP contribution in [0.4, 0.5) is 0 Å². The van der Waals surface area contributed by atoms with Gasteiger partial charge in [-0.1, -0.05) is 20.8 Å². The van der Waals surface area contributed by atoms with Crippen molar-refractivity contribution in [2.45, 2.75) is 47.6 Å². The van der Waals surface area contributed by atoms with Gasteiger partial charge in [-0.3, -0.25) is 4.68 Å². The smallest absolute Gasteiger partial charge is 0.269 e. The van der Waals surface area contributed by atoms with Gasteiger partial charge in [0.1, 0.15) is 0 Å². The van der Waals surface area contributed by atoms with Crippen LogP contribution in [0.1, 0.15) is 38.6 Å². The maximum absolute atomic E-state index is 12.5. The van der Waals surface area contributed by atoms with Crippen LogP contribution in [0, 0.1) is 31.6 Å². The van der Waals surface area contributed by atoms with Crippen LogP contribution >= 0.6 is 0 Å². The lowest BCUT2D eigenvalue weighted by Crippen LogP contribution is -2.48. The average molecular weight is 343 g/mol. The second-order valence-corrected chi connectivity index (χ2v) is 9.09. The molecule has 2 heterocycles. The third-order valence-corrected chi connectivity index (χ3v) is 5.89. The maximum Gasteiger partial charge on any atom is 0.279 e. The van der Waals surface area contributed by atoms with Crippen LogP contribution < -0.4 is 4.72 Å². The summed E-state index contributed by atoms with van der Waals surface area (Å²) in [5, 5.41) is 4.43. The van der Waals surface area contributed by atoms with E-state index in [1.807, 2.05) is 31.5 Å². The first-order chi connectivity index (χ1) is 10.7. The van der Waals surface area contributed by atoms with E-state index in [2.05, 4.69) is 23.7 Å². The van der Waals surface area contributed by atoms with E-state index in [4.69, 9.17) is 0 Å². The highest BCUT2D eigenvalue weighted by molar-refractivity contribution is 7.87. The van der Waals surface area contributed by atoms with Crippen molar-refractivity contribution in [1.82, 2.24) is 18.8 Å². The second-order valence-electron chi connectivity index (χ2n) is 7.33. The van der Waals surface area contributed by atoms with Gasteiger partial charge in [-0.25, -0.2) is 4.72 Å². The Morgan fingerprint density at radius 2 is 1.91 bits per heavy atom. The molecule has 0 aromatic carbocycles. The average Bonchev–Trinajstić information content (AvgIpc) is 2.73. The Morgan fingerprint density at radius 1 is 1.30 bits per heavy atom. The molecule has 1 aliphatic heterocycles. The van der Waals surface area contributed by atoms with E-state index < -0.39 is 10.2 Å². The highest BCUT2D eigenvalue weighted by Gasteiger charge is 2.30. The van der Waals surface area contributed by atoms with Gasteiger partial charge in [-0.2, -0.15) is 17.8 Å². The molecule has 1 N–H and O–H groups in total. The standard InChI is InChI=1S/C16H30N4O2S/c1-12-6-13(2)10-19(9-12)23(21,22)17-8-14(3)11-20-16(5)7-15(4)18-20/h7,12-14,17H,6,8-11H2,1-5H3/t12-,13-,14-/m1/s1. The Hall–Kier alpha value is -0.920. The van der Waals surface area contributed by atoms with Crippen LogP contribution in [0.15, 0.2) is 6.07 Å². The first-order valence-corrected chi connectivity index (χ1v) is 9.87. The molecule has 1 aromatic rings. The summed E-state index contributed by atoms with van der Waals surface area (Å²) < 4.78 is 31.3. The summed E-state index contributed by atoms with van der Waals surface area (Å²) in [6.07, 6.45) is 1.10. The van der Waals surface area contributed by atoms with E-state index in [0.717, 1.165) is 24.4 Å². The van der Waals surface area contributed by atoms with Gasteiger partial charge in [0.2, 0.25) is 0 Å². The van der Waals surface area contributed by atoms with Gasteiger partial charge in [0.05, 0.1) is 5.69 Å². The molecule has 0 unspecified atom stereocenters. The highest BCUT2D eigenvalue weighted by atomic mass is 32.2. The lowest BCUT2D eigenvalue weighted by atomic mass is 9.94. The summed E-state index contributed by atoms with van der Waals surface area (Å²) in [6.45, 7) is 12.6. The van der Waals surface area contributed by atoms with Gasteiger partial charge < -0.3 is 0 Å². The number of hydrogen-bond donors (Lipinski definition) is 1. The molecule has 0 radical (unpaired) electrons. The fourth-order valence-corrected chi connectivity index (χ4v) is 4.94. The lowest BCUT2D eigenvalue weighted by Gasteiger charge is -2.34. The first-order valence-electron chi connectivity index (χ1n) is 8.43. The van der Waals surface area contributed by atoms with Gasteiger partial charge >= 0.3 is 0 Å². The van der Waals surface area contributed by atoms with E-state index in [1.54, 1.807) is 4.31 Å². The molecule has 0 aliphatic carbocycles. The summed E-state index contributed by atoms with van der Waals surface area (Å²) in [6, 6.07) is 2.04. The summed E-state index contributed by atoms with van der Waals surface area (Å²) in [4.78, 5) is 0. The summed E-state index contributed by atoms with van der Waals surface area (Å²) >= 11 is 0. The van der Waals surface area contributed by atoms with Crippen molar-refractivity contribution in [3.63, 3.8) is 0 Å². The monoisotopic (exact) mass is 342 g/mol. The number of aryl methyl sites for hydroxylation is 2. The predicted octanol–water partition coefficient (Wildman–Crippen LogP) is 1.95. The Bertz CT molecular complexity index is 616. The van der Waals surface area contributed by atoms with Gasteiger partial charge in [0.25, 0.3) is 10.2 Å². The topological polar surface area (TPSA) is 67.2 Å². The summed E-state index contributed by atoms with van der Waals surface area (Å²) in [5.41, 5.74) is 2.10. The molecule has 3 atom stereocenters. The van der Waals surface area contributed by atoms with Crippen LogP contribution in [0.3, 0.4) is 0 Å².